The molecule has 0 radical (unpaired) electrons. The highest BCUT2D eigenvalue weighted by Crippen LogP contribution is 2.29. The lowest BCUT2D eigenvalue weighted by Gasteiger charge is -2.42. The Morgan fingerprint density at radius 2 is 2.03 bits per heavy atom. The molecule has 1 aromatic carbocycles. The van der Waals surface area contributed by atoms with Crippen molar-refractivity contribution >= 4 is 11.8 Å². The van der Waals surface area contributed by atoms with Crippen LogP contribution in [-0.2, 0) is 11.3 Å². The SMILES string of the molecule is COCC1CCC(C)N2CN1n1cc(C(=O)NCc3ccc(F)cc3F)c(=O)c(O)c1C2=O. The number of methoxy groups -OCH3 is 1. The maximum atomic E-state index is 13.9. The van der Waals surface area contributed by atoms with E-state index in [1.54, 1.807) is 17.0 Å². The zero-order chi connectivity index (χ0) is 23.9. The van der Waals surface area contributed by atoms with Crippen LogP contribution in [0.1, 0.15) is 46.2 Å². The Kier molecular flexibility index (Phi) is 6.07. The molecule has 4 rings (SSSR count). The van der Waals surface area contributed by atoms with Crippen LogP contribution in [0.5, 0.6) is 5.75 Å². The molecule has 2 unspecified atom stereocenters. The van der Waals surface area contributed by atoms with Crippen LogP contribution in [0.25, 0.3) is 0 Å². The molecule has 176 valence electrons. The van der Waals surface area contributed by atoms with E-state index in [1.807, 2.05) is 6.92 Å². The molecule has 1 fully saturated rings. The number of nitrogens with one attached hydrogen (secondary N) is 1. The first-order valence-electron chi connectivity index (χ1n) is 10.5. The molecule has 2 atom stereocenters. The number of pyridine rings is 1. The number of halogens is 2. The van der Waals surface area contributed by atoms with Gasteiger partial charge in [0.25, 0.3) is 11.8 Å². The Balaban J connectivity index is 1.71. The van der Waals surface area contributed by atoms with Gasteiger partial charge in [0.15, 0.2) is 11.4 Å². The highest BCUT2D eigenvalue weighted by Gasteiger charge is 2.40. The highest BCUT2D eigenvalue weighted by atomic mass is 19.1. The molecule has 11 heteroatoms. The van der Waals surface area contributed by atoms with Gasteiger partial charge in [0.2, 0.25) is 5.43 Å². The Labute approximate surface area is 188 Å². The fourth-order valence-corrected chi connectivity index (χ4v) is 4.24. The average Bonchev–Trinajstić information content (AvgIpc) is 2.91. The molecule has 2 bridgehead atoms. The third-order valence-electron chi connectivity index (χ3n) is 6.13. The molecule has 3 heterocycles. The van der Waals surface area contributed by atoms with Crippen molar-refractivity contribution in [2.45, 2.75) is 38.4 Å². The Bertz CT molecular complexity index is 1170. The summed E-state index contributed by atoms with van der Waals surface area (Å²) in [6, 6.07) is 2.65. The number of amides is 2. The third-order valence-corrected chi connectivity index (χ3v) is 6.13. The van der Waals surface area contributed by atoms with Crippen molar-refractivity contribution in [3.05, 3.63) is 63.1 Å². The number of aromatic nitrogens is 1. The van der Waals surface area contributed by atoms with E-state index in [1.165, 1.54) is 16.9 Å². The molecule has 1 aromatic heterocycles. The van der Waals surface area contributed by atoms with Crippen LogP contribution in [0.15, 0.2) is 29.2 Å². The maximum Gasteiger partial charge on any atom is 0.278 e. The Hall–Kier alpha value is -3.47. The van der Waals surface area contributed by atoms with E-state index in [4.69, 9.17) is 4.74 Å². The van der Waals surface area contributed by atoms with Crippen LogP contribution in [0.3, 0.4) is 0 Å². The molecule has 2 aliphatic rings. The molecule has 0 saturated carbocycles. The lowest BCUT2D eigenvalue weighted by atomic mass is 10.1. The summed E-state index contributed by atoms with van der Waals surface area (Å²) >= 11 is 0. The number of hydrogen-bond acceptors (Lipinski definition) is 6. The van der Waals surface area contributed by atoms with E-state index in [0.29, 0.717) is 25.5 Å². The zero-order valence-electron chi connectivity index (χ0n) is 18.2. The van der Waals surface area contributed by atoms with Crippen LogP contribution in [0.2, 0.25) is 0 Å². The van der Waals surface area contributed by atoms with Crippen molar-refractivity contribution in [2.75, 3.05) is 25.4 Å². The van der Waals surface area contributed by atoms with Crippen molar-refractivity contribution in [3.8, 4) is 5.75 Å². The van der Waals surface area contributed by atoms with Crippen molar-refractivity contribution in [1.82, 2.24) is 14.9 Å². The Morgan fingerprint density at radius 1 is 1.27 bits per heavy atom. The Morgan fingerprint density at radius 3 is 2.73 bits per heavy atom. The van der Waals surface area contributed by atoms with Gasteiger partial charge in [-0.3, -0.25) is 24.1 Å². The predicted octanol–water partition coefficient (Wildman–Crippen LogP) is 1.31. The minimum atomic E-state index is -1.01. The summed E-state index contributed by atoms with van der Waals surface area (Å²) in [6.45, 7) is 2.14. The smallest absolute Gasteiger partial charge is 0.278 e. The normalized spacial score (nSPS) is 19.8. The number of aromatic hydroxyl groups is 1. The lowest BCUT2D eigenvalue weighted by Crippen LogP contribution is -2.58. The number of fused-ring (bicyclic) bond motifs is 4. The van der Waals surface area contributed by atoms with Crippen LogP contribution < -0.4 is 15.8 Å². The predicted molar refractivity (Wildman–Crippen MR) is 114 cm³/mol. The summed E-state index contributed by atoms with van der Waals surface area (Å²) in [5.74, 6) is -3.80. The van der Waals surface area contributed by atoms with Gasteiger partial charge < -0.3 is 20.1 Å². The number of rotatable bonds is 5. The number of carbonyl (C=O) groups excluding carboxylic acids is 2. The average molecular weight is 462 g/mol. The fraction of sp³-hybridized carbons (Fsp3) is 0.409. The number of hydrogen-bond donors (Lipinski definition) is 2. The first-order valence-corrected chi connectivity index (χ1v) is 10.5. The third kappa shape index (κ3) is 4.04. The van der Waals surface area contributed by atoms with Gasteiger partial charge in [0, 0.05) is 37.5 Å². The van der Waals surface area contributed by atoms with E-state index < -0.39 is 40.2 Å². The van der Waals surface area contributed by atoms with Gasteiger partial charge in [0.1, 0.15) is 23.9 Å². The van der Waals surface area contributed by atoms with Gasteiger partial charge in [0.05, 0.1) is 12.6 Å². The van der Waals surface area contributed by atoms with E-state index >= 15 is 0 Å². The van der Waals surface area contributed by atoms with Crippen LogP contribution in [0.4, 0.5) is 8.78 Å². The topological polar surface area (TPSA) is 104 Å². The number of benzene rings is 1. The molecule has 0 aliphatic carbocycles. The first kappa shape index (κ1) is 22.7. The summed E-state index contributed by atoms with van der Waals surface area (Å²) in [7, 11) is 1.55. The molecule has 9 nitrogen and oxygen atoms in total. The largest absolute Gasteiger partial charge is 0.502 e. The molecule has 0 spiro atoms. The van der Waals surface area contributed by atoms with Crippen LogP contribution in [0, 0.1) is 11.6 Å². The van der Waals surface area contributed by atoms with E-state index in [-0.39, 0.29) is 36.6 Å². The second-order valence-electron chi connectivity index (χ2n) is 8.22. The second-order valence-corrected chi connectivity index (χ2v) is 8.22. The maximum absolute atomic E-state index is 13.9. The van der Waals surface area contributed by atoms with E-state index in [9.17, 15) is 28.3 Å². The lowest BCUT2D eigenvalue weighted by molar-refractivity contribution is 0.0617. The van der Waals surface area contributed by atoms with Crippen LogP contribution >= 0.6 is 0 Å². The number of carbonyl (C=O) groups is 2. The van der Waals surface area contributed by atoms with Crippen LogP contribution in [-0.4, -0.2) is 59.0 Å². The minimum Gasteiger partial charge on any atom is -0.502 e. The van der Waals surface area contributed by atoms with Crippen molar-refractivity contribution in [1.29, 1.82) is 0 Å². The van der Waals surface area contributed by atoms with Gasteiger partial charge in [-0.05, 0) is 25.8 Å². The highest BCUT2D eigenvalue weighted by molar-refractivity contribution is 5.99. The van der Waals surface area contributed by atoms with E-state index in [2.05, 4.69) is 5.32 Å². The van der Waals surface area contributed by atoms with Crippen molar-refractivity contribution in [3.63, 3.8) is 0 Å². The first-order chi connectivity index (χ1) is 15.7. The molecular weight excluding hydrogens is 438 g/mol. The van der Waals surface area contributed by atoms with Gasteiger partial charge in [-0.25, -0.2) is 8.78 Å². The summed E-state index contributed by atoms with van der Waals surface area (Å²) in [4.78, 5) is 40.2. The van der Waals surface area contributed by atoms with Gasteiger partial charge in [-0.1, -0.05) is 6.07 Å². The quantitative estimate of drug-likeness (QED) is 0.695. The monoisotopic (exact) mass is 462 g/mol. The summed E-state index contributed by atoms with van der Waals surface area (Å²) in [5, 5.41) is 14.8. The van der Waals surface area contributed by atoms with Crippen molar-refractivity contribution < 1.29 is 28.2 Å². The van der Waals surface area contributed by atoms with Gasteiger partial charge >= 0.3 is 0 Å². The number of nitrogens with zero attached hydrogens (tertiary/aromatic N) is 3. The fourth-order valence-electron chi connectivity index (χ4n) is 4.24. The zero-order valence-corrected chi connectivity index (χ0v) is 18.2. The number of ether oxygens (including phenoxy) is 1. The molecule has 2 N–H and O–H groups in total. The van der Waals surface area contributed by atoms with E-state index in [0.717, 1.165) is 6.07 Å². The summed E-state index contributed by atoms with van der Waals surface area (Å²) < 4.78 is 33.6. The molecule has 2 aromatic rings. The molecule has 2 amide bonds. The molecule has 2 aliphatic heterocycles. The van der Waals surface area contributed by atoms with Gasteiger partial charge in [-0.15, -0.1) is 0 Å². The second kappa shape index (κ2) is 8.81. The summed E-state index contributed by atoms with van der Waals surface area (Å²) in [6.07, 6.45) is 2.60. The minimum absolute atomic E-state index is 0.0273. The summed E-state index contributed by atoms with van der Waals surface area (Å²) in [5.41, 5.74) is -1.61. The van der Waals surface area contributed by atoms with Crippen molar-refractivity contribution in [2.24, 2.45) is 0 Å². The molecule has 33 heavy (non-hydrogen) atoms. The van der Waals surface area contributed by atoms with Gasteiger partial charge in [-0.2, -0.15) is 0 Å². The standard InChI is InChI=1S/C22H24F2N4O5/c1-12-3-6-15(10-33-2)28-11-26(12)22(32)18-20(30)19(29)16(9-27(18)28)21(31)25-8-13-4-5-14(23)7-17(13)24/h4-5,7,9,12,15,30H,3,6,8,10-11H2,1-2H3,(H,25,31). The molecule has 1 saturated heterocycles. The molecular formula is C22H24F2N4O5.